The first-order chi connectivity index (χ1) is 8.92. The lowest BCUT2D eigenvalue weighted by Crippen LogP contribution is -2.30. The van der Waals surface area contributed by atoms with Crippen molar-refractivity contribution in [3.05, 3.63) is 15.8 Å². The number of sulfonamides is 1. The number of thiophene rings is 1. The highest BCUT2D eigenvalue weighted by Crippen LogP contribution is 2.49. The van der Waals surface area contributed by atoms with E-state index in [4.69, 9.17) is 5.73 Å². The molecule has 3 N–H and O–H groups in total. The van der Waals surface area contributed by atoms with Crippen LogP contribution >= 0.6 is 11.3 Å². The number of rotatable bonds is 7. The molecule has 0 radical (unpaired) electrons. The van der Waals surface area contributed by atoms with Crippen LogP contribution in [0.4, 0.5) is 0 Å². The van der Waals surface area contributed by atoms with Crippen LogP contribution < -0.4 is 10.5 Å². The Labute approximate surface area is 119 Å². The van der Waals surface area contributed by atoms with Crippen molar-refractivity contribution >= 4 is 21.4 Å². The molecule has 1 heterocycles. The Morgan fingerprint density at radius 3 is 2.63 bits per heavy atom. The largest absolute Gasteiger partial charge is 0.326 e. The van der Waals surface area contributed by atoms with Gasteiger partial charge in [0, 0.05) is 22.8 Å². The van der Waals surface area contributed by atoms with Crippen LogP contribution in [0, 0.1) is 12.3 Å². The molecule has 0 spiro atoms. The number of hydrogen-bond donors (Lipinski definition) is 2. The minimum absolute atomic E-state index is 0.225. The van der Waals surface area contributed by atoms with E-state index < -0.39 is 10.0 Å². The van der Waals surface area contributed by atoms with Crippen molar-refractivity contribution < 1.29 is 8.42 Å². The van der Waals surface area contributed by atoms with Gasteiger partial charge in [-0.05, 0) is 37.7 Å². The van der Waals surface area contributed by atoms with Gasteiger partial charge in [-0.1, -0.05) is 13.3 Å². The van der Waals surface area contributed by atoms with Gasteiger partial charge in [0.15, 0.2) is 0 Å². The Bertz CT molecular complexity index is 545. The molecule has 0 saturated heterocycles. The van der Waals surface area contributed by atoms with Crippen molar-refractivity contribution in [3.63, 3.8) is 0 Å². The highest BCUT2D eigenvalue weighted by molar-refractivity contribution is 7.89. The number of nitrogens with one attached hydrogen (secondary N) is 1. The Morgan fingerprint density at radius 1 is 1.47 bits per heavy atom. The first kappa shape index (κ1) is 15.0. The molecular weight excluding hydrogens is 280 g/mol. The highest BCUT2D eigenvalue weighted by Gasteiger charge is 2.42. The second-order valence-electron chi connectivity index (χ2n) is 5.41. The smallest absolute Gasteiger partial charge is 0.241 e. The van der Waals surface area contributed by atoms with E-state index in [9.17, 15) is 8.42 Å². The zero-order valence-corrected chi connectivity index (χ0v) is 13.2. The van der Waals surface area contributed by atoms with Crippen LogP contribution in [-0.4, -0.2) is 15.0 Å². The summed E-state index contributed by atoms with van der Waals surface area (Å²) in [5, 5.41) is 0. The van der Waals surface area contributed by atoms with E-state index in [0.717, 1.165) is 35.4 Å². The Kier molecular flexibility index (Phi) is 4.35. The maximum Gasteiger partial charge on any atom is 0.241 e. The molecule has 6 heteroatoms. The van der Waals surface area contributed by atoms with E-state index in [0.29, 0.717) is 18.0 Å². The molecule has 0 amide bonds. The Balaban J connectivity index is 2.08. The number of hydrogen-bond acceptors (Lipinski definition) is 4. The van der Waals surface area contributed by atoms with Gasteiger partial charge in [0.05, 0.1) is 4.90 Å². The summed E-state index contributed by atoms with van der Waals surface area (Å²) in [5.74, 6) is 0. The molecule has 2 rings (SSSR count). The summed E-state index contributed by atoms with van der Waals surface area (Å²) in [6, 6.07) is 1.70. The summed E-state index contributed by atoms with van der Waals surface area (Å²) in [4.78, 5) is 2.12. The third kappa shape index (κ3) is 3.37. The van der Waals surface area contributed by atoms with Crippen LogP contribution in [0.3, 0.4) is 0 Å². The van der Waals surface area contributed by atoms with E-state index in [-0.39, 0.29) is 5.41 Å². The van der Waals surface area contributed by atoms with Gasteiger partial charge in [-0.25, -0.2) is 13.1 Å². The van der Waals surface area contributed by atoms with Gasteiger partial charge in [0.1, 0.15) is 0 Å². The second kappa shape index (κ2) is 5.52. The van der Waals surface area contributed by atoms with Crippen molar-refractivity contribution in [1.82, 2.24) is 4.72 Å². The fraction of sp³-hybridized carbons (Fsp3) is 0.692. The molecule has 108 valence electrons. The molecule has 1 aromatic heterocycles. The van der Waals surface area contributed by atoms with Gasteiger partial charge in [-0.15, -0.1) is 11.3 Å². The molecule has 0 bridgehead atoms. The van der Waals surface area contributed by atoms with Crippen LogP contribution in [0.2, 0.25) is 0 Å². The summed E-state index contributed by atoms with van der Waals surface area (Å²) in [5.41, 5.74) is 5.79. The molecular formula is C13H22N2O2S2. The summed E-state index contributed by atoms with van der Waals surface area (Å²) >= 11 is 1.46. The standard InChI is InChI=1S/C13H22N2O2S2/c1-3-4-13(5-6-13)9-15-19(16,17)12-7-11(8-14)18-10(12)2/h7,15H,3-6,8-9,14H2,1-2H3. The molecule has 1 saturated carbocycles. The molecule has 1 aromatic rings. The fourth-order valence-corrected chi connectivity index (χ4v) is 5.11. The number of aryl methyl sites for hydroxylation is 1. The first-order valence-electron chi connectivity index (χ1n) is 6.71. The minimum atomic E-state index is -3.39. The first-order valence-corrected chi connectivity index (χ1v) is 9.01. The van der Waals surface area contributed by atoms with Crippen LogP contribution in [-0.2, 0) is 16.6 Å². The van der Waals surface area contributed by atoms with Crippen LogP contribution in [0.5, 0.6) is 0 Å². The zero-order valence-electron chi connectivity index (χ0n) is 11.5. The third-order valence-corrected chi connectivity index (χ3v) is 6.52. The lowest BCUT2D eigenvalue weighted by atomic mass is 10.0. The van der Waals surface area contributed by atoms with Crippen molar-refractivity contribution in [2.24, 2.45) is 11.1 Å². The summed E-state index contributed by atoms with van der Waals surface area (Å²) in [6.07, 6.45) is 4.49. The van der Waals surface area contributed by atoms with E-state index >= 15 is 0 Å². The minimum Gasteiger partial charge on any atom is -0.326 e. The van der Waals surface area contributed by atoms with Gasteiger partial charge in [0.2, 0.25) is 10.0 Å². The van der Waals surface area contributed by atoms with Crippen molar-refractivity contribution in [1.29, 1.82) is 0 Å². The molecule has 19 heavy (non-hydrogen) atoms. The maximum atomic E-state index is 12.3. The molecule has 1 fully saturated rings. The Morgan fingerprint density at radius 2 is 2.16 bits per heavy atom. The summed E-state index contributed by atoms with van der Waals surface area (Å²) < 4.78 is 27.4. The van der Waals surface area contributed by atoms with Gasteiger partial charge in [-0.2, -0.15) is 0 Å². The van der Waals surface area contributed by atoms with Gasteiger partial charge in [0.25, 0.3) is 0 Å². The van der Waals surface area contributed by atoms with E-state index in [2.05, 4.69) is 11.6 Å². The summed E-state index contributed by atoms with van der Waals surface area (Å²) in [6.45, 7) is 4.93. The SMILES string of the molecule is CCCC1(CNS(=O)(=O)c2cc(CN)sc2C)CC1. The van der Waals surface area contributed by atoms with E-state index in [1.165, 1.54) is 11.3 Å². The number of nitrogens with two attached hydrogens (primary N) is 1. The van der Waals surface area contributed by atoms with Gasteiger partial charge in [-0.3, -0.25) is 0 Å². The monoisotopic (exact) mass is 302 g/mol. The van der Waals surface area contributed by atoms with Crippen LogP contribution in [0.15, 0.2) is 11.0 Å². The molecule has 1 aliphatic rings. The fourth-order valence-electron chi connectivity index (χ4n) is 2.44. The lowest BCUT2D eigenvalue weighted by Gasteiger charge is -2.15. The average molecular weight is 302 g/mol. The third-order valence-electron chi connectivity index (χ3n) is 3.79. The zero-order chi connectivity index (χ0) is 14.1. The molecule has 0 aromatic carbocycles. The normalized spacial score (nSPS) is 17.6. The molecule has 0 atom stereocenters. The molecule has 0 unspecified atom stereocenters. The van der Waals surface area contributed by atoms with Crippen LogP contribution in [0.1, 0.15) is 42.4 Å². The van der Waals surface area contributed by atoms with Crippen molar-refractivity contribution in [2.45, 2.75) is 51.0 Å². The van der Waals surface area contributed by atoms with Crippen LogP contribution in [0.25, 0.3) is 0 Å². The van der Waals surface area contributed by atoms with Crippen molar-refractivity contribution in [2.75, 3.05) is 6.54 Å². The van der Waals surface area contributed by atoms with E-state index in [1.54, 1.807) is 6.07 Å². The quantitative estimate of drug-likeness (QED) is 0.812. The topological polar surface area (TPSA) is 72.2 Å². The van der Waals surface area contributed by atoms with E-state index in [1.807, 2.05) is 6.92 Å². The second-order valence-corrected chi connectivity index (χ2v) is 8.49. The highest BCUT2D eigenvalue weighted by atomic mass is 32.2. The predicted octanol–water partition coefficient (Wildman–Crippen LogP) is 2.37. The van der Waals surface area contributed by atoms with Gasteiger partial charge < -0.3 is 5.73 Å². The average Bonchev–Trinajstić information content (AvgIpc) is 3.01. The molecule has 4 nitrogen and oxygen atoms in total. The van der Waals surface area contributed by atoms with Crippen molar-refractivity contribution in [3.8, 4) is 0 Å². The molecule has 1 aliphatic carbocycles. The predicted molar refractivity (Wildman–Crippen MR) is 78.7 cm³/mol. The van der Waals surface area contributed by atoms with Gasteiger partial charge >= 0.3 is 0 Å². The lowest BCUT2D eigenvalue weighted by molar-refractivity contribution is 0.449. The Hall–Kier alpha value is -0.430. The maximum absolute atomic E-state index is 12.3. The summed E-state index contributed by atoms with van der Waals surface area (Å²) in [7, 11) is -3.39. The molecule has 0 aliphatic heterocycles.